The Balaban J connectivity index is 2.52. The molecule has 0 fully saturated rings. The molecule has 0 bridgehead atoms. The molecular weight excluding hydrogens is 254 g/mol. The number of hydrogen-bond donors (Lipinski definition) is 1. The van der Waals surface area contributed by atoms with Crippen LogP contribution in [0, 0.1) is 6.92 Å². The second kappa shape index (κ2) is 4.87. The highest BCUT2D eigenvalue weighted by molar-refractivity contribution is 7.89. The Kier molecular flexibility index (Phi) is 3.44. The number of nitrogens with one attached hydrogen (secondary N) is 1. The van der Waals surface area contributed by atoms with Crippen LogP contribution >= 0.6 is 0 Å². The first kappa shape index (κ1) is 12.7. The molecule has 0 spiro atoms. The monoisotopic (exact) mass is 267 g/mol. The molecule has 0 aliphatic rings. The zero-order valence-corrected chi connectivity index (χ0v) is 10.9. The summed E-state index contributed by atoms with van der Waals surface area (Å²) in [6.07, 6.45) is 2.89. The van der Waals surface area contributed by atoms with Gasteiger partial charge in [0.05, 0.1) is 11.8 Å². The molecular formula is C11H13N3O3S. The van der Waals surface area contributed by atoms with E-state index in [1.165, 1.54) is 6.26 Å². The van der Waals surface area contributed by atoms with Crippen LogP contribution in [0.4, 0.5) is 0 Å². The van der Waals surface area contributed by atoms with Crippen molar-refractivity contribution in [3.8, 4) is 11.4 Å². The minimum atomic E-state index is -3.66. The zero-order chi connectivity index (χ0) is 13.2. The summed E-state index contributed by atoms with van der Waals surface area (Å²) >= 11 is 0. The van der Waals surface area contributed by atoms with Gasteiger partial charge in [-0.2, -0.15) is 0 Å². The van der Waals surface area contributed by atoms with Crippen LogP contribution in [-0.4, -0.2) is 24.9 Å². The Morgan fingerprint density at radius 1 is 1.39 bits per heavy atom. The molecule has 18 heavy (non-hydrogen) atoms. The van der Waals surface area contributed by atoms with Gasteiger partial charge in [-0.05, 0) is 19.1 Å². The number of nitrogens with zero attached hydrogens (tertiary/aromatic N) is 2. The lowest BCUT2D eigenvalue weighted by Crippen LogP contribution is -2.23. The van der Waals surface area contributed by atoms with E-state index >= 15 is 0 Å². The van der Waals surface area contributed by atoms with E-state index < -0.39 is 10.0 Å². The molecule has 2 rings (SSSR count). The highest BCUT2D eigenvalue weighted by atomic mass is 32.2. The Morgan fingerprint density at radius 3 is 2.83 bits per heavy atom. The molecule has 0 saturated carbocycles. The normalized spacial score (nSPS) is 11.7. The van der Waals surface area contributed by atoms with E-state index in [9.17, 15) is 8.42 Å². The van der Waals surface area contributed by atoms with Gasteiger partial charge in [0.2, 0.25) is 5.09 Å². The van der Waals surface area contributed by atoms with Crippen LogP contribution in [0.3, 0.4) is 0 Å². The summed E-state index contributed by atoms with van der Waals surface area (Å²) in [4.78, 5) is 8.24. The summed E-state index contributed by atoms with van der Waals surface area (Å²) in [5.74, 6) is 0.334. The van der Waals surface area contributed by atoms with Gasteiger partial charge < -0.3 is 4.42 Å². The zero-order valence-electron chi connectivity index (χ0n) is 10.0. The predicted octanol–water partition coefficient (Wildman–Crippen LogP) is 1.34. The minimum absolute atomic E-state index is 0.157. The topological polar surface area (TPSA) is 85.1 Å². The fourth-order valence-corrected chi connectivity index (χ4v) is 2.65. The standard InChI is InChI=1S/C11H13N3O3S/c1-3-13-18(15,16)11-9(5-7-17-11)10-12-6-4-8(2)14-10/h4-7,13H,3H2,1-2H3. The molecule has 0 saturated heterocycles. The van der Waals surface area contributed by atoms with E-state index in [2.05, 4.69) is 14.7 Å². The molecule has 6 nitrogen and oxygen atoms in total. The fourth-order valence-electron chi connectivity index (χ4n) is 1.50. The van der Waals surface area contributed by atoms with Crippen LogP contribution in [0.5, 0.6) is 0 Å². The molecule has 1 N–H and O–H groups in total. The highest BCUT2D eigenvalue weighted by Gasteiger charge is 2.23. The minimum Gasteiger partial charge on any atom is -0.451 e. The Morgan fingerprint density at radius 2 is 2.17 bits per heavy atom. The van der Waals surface area contributed by atoms with Crippen LogP contribution in [0.1, 0.15) is 12.6 Å². The third-order valence-corrected chi connectivity index (χ3v) is 3.72. The lowest BCUT2D eigenvalue weighted by molar-refractivity contribution is 0.447. The lowest BCUT2D eigenvalue weighted by atomic mass is 10.3. The van der Waals surface area contributed by atoms with E-state index in [-0.39, 0.29) is 11.6 Å². The summed E-state index contributed by atoms with van der Waals surface area (Å²) < 4.78 is 31.2. The number of rotatable bonds is 4. The van der Waals surface area contributed by atoms with Crippen molar-refractivity contribution < 1.29 is 12.8 Å². The average molecular weight is 267 g/mol. The molecule has 96 valence electrons. The van der Waals surface area contributed by atoms with Gasteiger partial charge in [0.1, 0.15) is 0 Å². The molecule has 0 amide bonds. The van der Waals surface area contributed by atoms with Crippen LogP contribution < -0.4 is 4.72 Å². The van der Waals surface area contributed by atoms with E-state index in [4.69, 9.17) is 4.42 Å². The molecule has 2 heterocycles. The van der Waals surface area contributed by atoms with Crippen LogP contribution in [-0.2, 0) is 10.0 Å². The van der Waals surface area contributed by atoms with Gasteiger partial charge in [-0.1, -0.05) is 6.92 Å². The van der Waals surface area contributed by atoms with E-state index in [0.717, 1.165) is 5.69 Å². The molecule has 0 aromatic carbocycles. The van der Waals surface area contributed by atoms with Crippen molar-refractivity contribution in [2.45, 2.75) is 18.9 Å². The van der Waals surface area contributed by atoms with E-state index in [1.807, 2.05) is 6.92 Å². The fraction of sp³-hybridized carbons (Fsp3) is 0.273. The first-order valence-corrected chi connectivity index (χ1v) is 6.90. The van der Waals surface area contributed by atoms with Gasteiger partial charge in [0.15, 0.2) is 5.82 Å². The molecule has 2 aromatic rings. The number of aryl methyl sites for hydroxylation is 1. The molecule has 7 heteroatoms. The SMILES string of the molecule is CCNS(=O)(=O)c1occc1-c1nccc(C)n1. The summed E-state index contributed by atoms with van der Waals surface area (Å²) in [6, 6.07) is 3.28. The van der Waals surface area contributed by atoms with Crippen LogP contribution in [0.25, 0.3) is 11.4 Å². The van der Waals surface area contributed by atoms with Crippen molar-refractivity contribution in [2.24, 2.45) is 0 Å². The van der Waals surface area contributed by atoms with Crippen molar-refractivity contribution in [2.75, 3.05) is 6.54 Å². The Labute approximate surface area is 105 Å². The maximum atomic E-state index is 11.9. The van der Waals surface area contributed by atoms with Gasteiger partial charge in [-0.3, -0.25) is 0 Å². The first-order valence-electron chi connectivity index (χ1n) is 5.42. The van der Waals surface area contributed by atoms with E-state index in [1.54, 1.807) is 25.3 Å². The molecule has 0 atom stereocenters. The van der Waals surface area contributed by atoms with Crippen molar-refractivity contribution in [3.05, 3.63) is 30.3 Å². The number of sulfonamides is 1. The van der Waals surface area contributed by atoms with Gasteiger partial charge in [-0.25, -0.2) is 23.1 Å². The van der Waals surface area contributed by atoms with Crippen molar-refractivity contribution in [1.29, 1.82) is 0 Å². The summed E-state index contributed by atoms with van der Waals surface area (Å²) in [5, 5.41) is -0.157. The van der Waals surface area contributed by atoms with Gasteiger partial charge in [0, 0.05) is 18.4 Å². The Hall–Kier alpha value is -1.73. The smallest absolute Gasteiger partial charge is 0.274 e. The van der Waals surface area contributed by atoms with Gasteiger partial charge in [-0.15, -0.1) is 0 Å². The second-order valence-electron chi connectivity index (χ2n) is 3.64. The Bertz CT molecular complexity index is 649. The van der Waals surface area contributed by atoms with Crippen molar-refractivity contribution in [3.63, 3.8) is 0 Å². The van der Waals surface area contributed by atoms with Gasteiger partial charge in [0.25, 0.3) is 10.0 Å². The van der Waals surface area contributed by atoms with Crippen molar-refractivity contribution >= 4 is 10.0 Å². The molecule has 0 aliphatic heterocycles. The molecule has 0 aliphatic carbocycles. The van der Waals surface area contributed by atoms with Gasteiger partial charge >= 0.3 is 0 Å². The third kappa shape index (κ3) is 2.41. The quantitative estimate of drug-likeness (QED) is 0.903. The second-order valence-corrected chi connectivity index (χ2v) is 5.31. The number of aromatic nitrogens is 2. The number of hydrogen-bond acceptors (Lipinski definition) is 5. The maximum absolute atomic E-state index is 11.9. The van der Waals surface area contributed by atoms with Crippen LogP contribution in [0.2, 0.25) is 0 Å². The summed E-state index contributed by atoms with van der Waals surface area (Å²) in [5.41, 5.74) is 1.12. The largest absolute Gasteiger partial charge is 0.451 e. The highest BCUT2D eigenvalue weighted by Crippen LogP contribution is 2.25. The van der Waals surface area contributed by atoms with Crippen LogP contribution in [0.15, 0.2) is 34.1 Å². The first-order chi connectivity index (χ1) is 8.54. The maximum Gasteiger partial charge on any atom is 0.274 e. The molecule has 2 aromatic heterocycles. The van der Waals surface area contributed by atoms with Crippen molar-refractivity contribution in [1.82, 2.24) is 14.7 Å². The predicted molar refractivity (Wildman–Crippen MR) is 65.3 cm³/mol. The molecule has 0 unspecified atom stereocenters. The number of furan rings is 1. The lowest BCUT2D eigenvalue weighted by Gasteiger charge is -2.04. The summed E-state index contributed by atoms with van der Waals surface area (Å²) in [7, 11) is -3.66. The molecule has 0 radical (unpaired) electrons. The average Bonchev–Trinajstić information content (AvgIpc) is 2.78. The van der Waals surface area contributed by atoms with E-state index in [0.29, 0.717) is 11.4 Å². The summed E-state index contributed by atoms with van der Waals surface area (Å²) in [6.45, 7) is 3.80. The third-order valence-electron chi connectivity index (χ3n) is 2.24.